The van der Waals surface area contributed by atoms with Gasteiger partial charge >= 0.3 is 6.09 Å². The van der Waals surface area contributed by atoms with Gasteiger partial charge in [-0.15, -0.1) is 0 Å². The summed E-state index contributed by atoms with van der Waals surface area (Å²) in [5.74, 6) is 0.0853. The van der Waals surface area contributed by atoms with Crippen LogP contribution in [0.4, 0.5) is 4.79 Å². The van der Waals surface area contributed by atoms with Gasteiger partial charge in [0.05, 0.1) is 5.60 Å². The molecule has 0 spiro atoms. The molecule has 4 heteroatoms. The van der Waals surface area contributed by atoms with Gasteiger partial charge in [-0.3, -0.25) is 0 Å². The van der Waals surface area contributed by atoms with Gasteiger partial charge in [0.1, 0.15) is 5.60 Å². The maximum atomic E-state index is 12.3. The van der Waals surface area contributed by atoms with E-state index in [1.54, 1.807) is 4.90 Å². The number of aryl methyl sites for hydroxylation is 1. The number of benzene rings is 1. The maximum Gasteiger partial charge on any atom is 0.410 e. The number of carbonyl (C=O) groups excluding carboxylic acids is 1. The number of hydrogen-bond donors (Lipinski definition) is 1. The highest BCUT2D eigenvalue weighted by Gasteiger charge is 2.40. The van der Waals surface area contributed by atoms with E-state index in [4.69, 9.17) is 4.74 Å². The van der Waals surface area contributed by atoms with E-state index < -0.39 is 11.2 Å². The highest BCUT2D eigenvalue weighted by Crippen LogP contribution is 2.37. The zero-order valence-corrected chi connectivity index (χ0v) is 17.8. The fourth-order valence-electron chi connectivity index (χ4n) is 4.06. The highest BCUT2D eigenvalue weighted by molar-refractivity contribution is 5.77. The molecular weight excluding hydrogens is 350 g/mol. The summed E-state index contributed by atoms with van der Waals surface area (Å²) in [6.45, 7) is 11.0. The quantitative estimate of drug-likeness (QED) is 0.780. The molecule has 0 saturated carbocycles. The van der Waals surface area contributed by atoms with Gasteiger partial charge in [-0.25, -0.2) is 4.79 Å². The highest BCUT2D eigenvalue weighted by atomic mass is 16.6. The van der Waals surface area contributed by atoms with Crippen molar-refractivity contribution >= 4 is 11.7 Å². The first-order chi connectivity index (χ1) is 13.1. The van der Waals surface area contributed by atoms with Crippen molar-refractivity contribution in [3.8, 4) is 0 Å². The molecule has 0 radical (unpaired) electrons. The van der Waals surface area contributed by atoms with Crippen LogP contribution in [0.15, 0.2) is 36.4 Å². The Kier molecular flexibility index (Phi) is 5.72. The third-order valence-electron chi connectivity index (χ3n) is 5.99. The second kappa shape index (κ2) is 7.75. The Hall–Kier alpha value is -2.07. The molecule has 2 aliphatic rings. The molecule has 1 N–H and O–H groups in total. The van der Waals surface area contributed by atoms with E-state index in [0.29, 0.717) is 25.9 Å². The van der Waals surface area contributed by atoms with Crippen molar-refractivity contribution in [3.05, 3.63) is 53.1 Å². The molecule has 4 nitrogen and oxygen atoms in total. The number of nitrogens with zero attached hydrogens (tertiary/aromatic N) is 1. The minimum absolute atomic E-state index is 0.0853. The normalized spacial score (nSPS) is 22.0. The summed E-state index contributed by atoms with van der Waals surface area (Å²) >= 11 is 0. The lowest BCUT2D eigenvalue weighted by molar-refractivity contribution is -0.0563. The summed E-state index contributed by atoms with van der Waals surface area (Å²) in [4.78, 5) is 14.0. The topological polar surface area (TPSA) is 49.8 Å². The van der Waals surface area contributed by atoms with Gasteiger partial charge in [0, 0.05) is 19.0 Å². The summed E-state index contributed by atoms with van der Waals surface area (Å²) in [6.07, 6.45) is 8.23. The van der Waals surface area contributed by atoms with Gasteiger partial charge < -0.3 is 14.7 Å². The molecule has 1 fully saturated rings. The lowest BCUT2D eigenvalue weighted by Gasteiger charge is -2.42. The molecule has 1 amide bonds. The largest absolute Gasteiger partial charge is 0.444 e. The fraction of sp³-hybridized carbons (Fsp3) is 0.542. The van der Waals surface area contributed by atoms with Crippen molar-refractivity contribution in [3.63, 3.8) is 0 Å². The second-order valence-corrected chi connectivity index (χ2v) is 9.18. The van der Waals surface area contributed by atoms with Gasteiger partial charge in [0.15, 0.2) is 0 Å². The maximum absolute atomic E-state index is 12.3. The Morgan fingerprint density at radius 1 is 1.21 bits per heavy atom. The summed E-state index contributed by atoms with van der Waals surface area (Å²) in [5.41, 5.74) is 3.84. The van der Waals surface area contributed by atoms with Crippen LogP contribution in [0.25, 0.3) is 5.57 Å². The number of amides is 1. The Bertz CT molecular complexity index is 793. The Morgan fingerprint density at radius 2 is 1.89 bits per heavy atom. The number of piperidine rings is 1. The van der Waals surface area contributed by atoms with E-state index in [9.17, 15) is 9.90 Å². The summed E-state index contributed by atoms with van der Waals surface area (Å²) < 4.78 is 5.46. The number of ether oxygens (including phenoxy) is 1. The van der Waals surface area contributed by atoms with Crippen LogP contribution in [0.3, 0.4) is 0 Å². The van der Waals surface area contributed by atoms with Crippen molar-refractivity contribution in [1.29, 1.82) is 0 Å². The number of likely N-dealkylation sites (tertiary alicyclic amines) is 1. The van der Waals surface area contributed by atoms with Crippen LogP contribution in [0, 0.1) is 19.8 Å². The average Bonchev–Trinajstić information content (AvgIpc) is 2.63. The molecule has 1 saturated heterocycles. The molecule has 152 valence electrons. The third-order valence-corrected chi connectivity index (χ3v) is 5.99. The van der Waals surface area contributed by atoms with Crippen molar-refractivity contribution in [2.75, 3.05) is 13.1 Å². The molecule has 1 unspecified atom stereocenters. The molecule has 0 aromatic heterocycles. The third kappa shape index (κ3) is 4.49. The number of rotatable bonds is 2. The fourth-order valence-corrected chi connectivity index (χ4v) is 4.06. The van der Waals surface area contributed by atoms with E-state index in [2.05, 4.69) is 50.3 Å². The molecule has 1 aromatic rings. The van der Waals surface area contributed by atoms with Crippen LogP contribution < -0.4 is 0 Å². The van der Waals surface area contributed by atoms with Crippen molar-refractivity contribution in [2.45, 2.75) is 65.1 Å². The van der Waals surface area contributed by atoms with Crippen LogP contribution in [-0.2, 0) is 4.74 Å². The first kappa shape index (κ1) is 20.7. The molecule has 1 aliphatic heterocycles. The standard InChI is InChI=1S/C24H33NO3/c1-17-7-6-8-21(18(17)2)19-9-11-20(12-10-19)24(27)13-15-25(16-14-24)22(26)28-23(3,4)5/h6-11,20,27H,12-16H2,1-5H3. The van der Waals surface area contributed by atoms with E-state index >= 15 is 0 Å². The van der Waals surface area contributed by atoms with E-state index in [1.165, 1.54) is 22.3 Å². The first-order valence-electron chi connectivity index (χ1n) is 10.2. The Morgan fingerprint density at radius 3 is 2.46 bits per heavy atom. The Labute approximate surface area is 168 Å². The zero-order valence-electron chi connectivity index (χ0n) is 17.8. The molecule has 1 atom stereocenters. The molecule has 1 aromatic carbocycles. The van der Waals surface area contributed by atoms with Gasteiger partial charge in [-0.05, 0) is 76.1 Å². The van der Waals surface area contributed by atoms with Crippen LogP contribution in [0.1, 0.15) is 56.7 Å². The minimum atomic E-state index is -0.765. The molecule has 0 bridgehead atoms. The van der Waals surface area contributed by atoms with Gasteiger partial charge in [-0.1, -0.05) is 36.4 Å². The van der Waals surface area contributed by atoms with Crippen molar-refractivity contribution in [2.24, 2.45) is 5.92 Å². The molecule has 3 rings (SSSR count). The number of carbonyl (C=O) groups is 1. The summed E-state index contributed by atoms with van der Waals surface area (Å²) in [6, 6.07) is 6.39. The lowest BCUT2D eigenvalue weighted by atomic mass is 9.75. The number of aliphatic hydroxyl groups is 1. The predicted octanol–water partition coefficient (Wildman–Crippen LogP) is 5.02. The van der Waals surface area contributed by atoms with E-state index in [-0.39, 0.29) is 12.0 Å². The van der Waals surface area contributed by atoms with Crippen LogP contribution >= 0.6 is 0 Å². The van der Waals surface area contributed by atoms with Crippen LogP contribution in [-0.4, -0.2) is 40.4 Å². The van der Waals surface area contributed by atoms with E-state index in [0.717, 1.165) is 6.42 Å². The van der Waals surface area contributed by atoms with E-state index in [1.807, 2.05) is 20.8 Å². The smallest absolute Gasteiger partial charge is 0.410 e. The molecule has 1 aliphatic carbocycles. The van der Waals surface area contributed by atoms with Crippen molar-refractivity contribution < 1.29 is 14.6 Å². The number of hydrogen-bond acceptors (Lipinski definition) is 3. The first-order valence-corrected chi connectivity index (χ1v) is 10.2. The van der Waals surface area contributed by atoms with Crippen LogP contribution in [0.5, 0.6) is 0 Å². The van der Waals surface area contributed by atoms with Gasteiger partial charge in [0.25, 0.3) is 0 Å². The predicted molar refractivity (Wildman–Crippen MR) is 113 cm³/mol. The lowest BCUT2D eigenvalue weighted by Crippen LogP contribution is -2.51. The molecule has 1 heterocycles. The SMILES string of the molecule is Cc1cccc(C2=CCC(C3(O)CCN(C(=O)OC(C)(C)C)CC3)C=C2)c1C. The van der Waals surface area contributed by atoms with Crippen molar-refractivity contribution in [1.82, 2.24) is 4.90 Å². The van der Waals surface area contributed by atoms with Gasteiger partial charge in [0.2, 0.25) is 0 Å². The van der Waals surface area contributed by atoms with Gasteiger partial charge in [-0.2, -0.15) is 0 Å². The minimum Gasteiger partial charge on any atom is -0.444 e. The zero-order chi connectivity index (χ0) is 20.5. The summed E-state index contributed by atoms with van der Waals surface area (Å²) in [7, 11) is 0. The Balaban J connectivity index is 1.62. The average molecular weight is 384 g/mol. The van der Waals surface area contributed by atoms with Crippen LogP contribution in [0.2, 0.25) is 0 Å². The summed E-state index contributed by atoms with van der Waals surface area (Å²) in [5, 5.41) is 11.2. The monoisotopic (exact) mass is 383 g/mol. The molecular formula is C24H33NO3. The number of allylic oxidation sites excluding steroid dienone is 3. The molecule has 28 heavy (non-hydrogen) atoms. The second-order valence-electron chi connectivity index (χ2n) is 9.18.